The van der Waals surface area contributed by atoms with Gasteiger partial charge in [0.15, 0.2) is 0 Å². The molecule has 1 aromatic rings. The highest BCUT2D eigenvalue weighted by Crippen LogP contribution is 2.32. The molecule has 1 aromatic heterocycles. The van der Waals surface area contributed by atoms with Crippen molar-refractivity contribution in [1.82, 2.24) is 14.7 Å². The summed E-state index contributed by atoms with van der Waals surface area (Å²) in [5.74, 6) is 0.226. The molecule has 3 fully saturated rings. The topological polar surface area (TPSA) is 67.7 Å². The Kier molecular flexibility index (Phi) is 5.20. The van der Waals surface area contributed by atoms with Gasteiger partial charge in [0.2, 0.25) is 11.8 Å². The second-order valence-corrected chi connectivity index (χ2v) is 9.05. The van der Waals surface area contributed by atoms with E-state index in [0.717, 1.165) is 43.8 Å². The molecule has 7 heteroatoms. The number of fused-ring (bicyclic) bond motifs is 2. The van der Waals surface area contributed by atoms with E-state index in [1.807, 2.05) is 29.3 Å². The van der Waals surface area contributed by atoms with E-state index in [2.05, 4.69) is 11.0 Å². The van der Waals surface area contributed by atoms with Gasteiger partial charge in [-0.15, -0.1) is 11.3 Å². The van der Waals surface area contributed by atoms with Gasteiger partial charge in [0.05, 0.1) is 12.5 Å². The Bertz CT molecular complexity index is 744. The zero-order valence-corrected chi connectivity index (χ0v) is 16.5. The molecule has 4 rings (SSSR count). The predicted octanol–water partition coefficient (Wildman–Crippen LogP) is 1.73. The highest BCUT2D eigenvalue weighted by Gasteiger charge is 2.45. The zero-order chi connectivity index (χ0) is 19.0. The van der Waals surface area contributed by atoms with Crippen molar-refractivity contribution in [2.45, 2.75) is 50.7 Å². The number of likely N-dealkylation sites (tertiary alicyclic amines) is 3. The van der Waals surface area contributed by atoms with Gasteiger partial charge in [-0.1, -0.05) is 13.0 Å². The fraction of sp³-hybridized carbons (Fsp3) is 0.650. The van der Waals surface area contributed by atoms with E-state index in [4.69, 9.17) is 0 Å². The van der Waals surface area contributed by atoms with Gasteiger partial charge < -0.3 is 9.80 Å². The fourth-order valence-corrected chi connectivity index (χ4v) is 5.52. The van der Waals surface area contributed by atoms with E-state index < -0.39 is 0 Å². The van der Waals surface area contributed by atoms with E-state index in [0.29, 0.717) is 19.0 Å². The highest BCUT2D eigenvalue weighted by atomic mass is 32.1. The van der Waals surface area contributed by atoms with Crippen molar-refractivity contribution in [3.63, 3.8) is 0 Å². The van der Waals surface area contributed by atoms with E-state index in [-0.39, 0.29) is 29.8 Å². The molecule has 3 aliphatic heterocycles. The lowest BCUT2D eigenvalue weighted by Crippen LogP contribution is -2.51. The quantitative estimate of drug-likeness (QED) is 0.773. The van der Waals surface area contributed by atoms with Crippen LogP contribution in [0.25, 0.3) is 0 Å². The van der Waals surface area contributed by atoms with E-state index in [1.165, 1.54) is 0 Å². The van der Waals surface area contributed by atoms with Crippen LogP contribution in [0.3, 0.4) is 0 Å². The van der Waals surface area contributed by atoms with Crippen LogP contribution >= 0.6 is 11.3 Å². The van der Waals surface area contributed by atoms with Gasteiger partial charge >= 0.3 is 0 Å². The average Bonchev–Trinajstić information content (AvgIpc) is 3.43. The van der Waals surface area contributed by atoms with Crippen LogP contribution in [-0.4, -0.2) is 70.8 Å². The Morgan fingerprint density at radius 2 is 2.19 bits per heavy atom. The van der Waals surface area contributed by atoms with Crippen LogP contribution in [0.5, 0.6) is 0 Å². The maximum atomic E-state index is 12.7. The third-order valence-electron chi connectivity index (χ3n) is 6.19. The largest absolute Gasteiger partial charge is 0.336 e. The normalized spacial score (nSPS) is 28.5. The molecule has 6 nitrogen and oxygen atoms in total. The van der Waals surface area contributed by atoms with Gasteiger partial charge in [0.1, 0.15) is 6.04 Å². The van der Waals surface area contributed by atoms with Gasteiger partial charge in [-0.25, -0.2) is 0 Å². The molecular formula is C20H26N4O2S. The molecule has 0 saturated carbocycles. The number of nitrogens with zero attached hydrogens (tertiary/aromatic N) is 4. The number of hydrogen-bond acceptors (Lipinski definition) is 5. The molecular weight excluding hydrogens is 360 g/mol. The van der Waals surface area contributed by atoms with Gasteiger partial charge in [-0.3, -0.25) is 14.5 Å². The second kappa shape index (κ2) is 7.61. The van der Waals surface area contributed by atoms with Crippen molar-refractivity contribution in [3.8, 4) is 6.07 Å². The van der Waals surface area contributed by atoms with E-state index in [9.17, 15) is 14.9 Å². The molecule has 3 aliphatic rings. The van der Waals surface area contributed by atoms with Crippen LogP contribution in [0.1, 0.15) is 31.1 Å². The number of piperazine rings is 1. The highest BCUT2D eigenvalue weighted by molar-refractivity contribution is 7.10. The molecule has 0 radical (unpaired) electrons. The first-order chi connectivity index (χ1) is 13.1. The summed E-state index contributed by atoms with van der Waals surface area (Å²) < 4.78 is 0. The van der Waals surface area contributed by atoms with Crippen LogP contribution in [0.15, 0.2) is 17.5 Å². The summed E-state index contributed by atoms with van der Waals surface area (Å²) in [5, 5.41) is 11.2. The molecule has 3 saturated heterocycles. The molecule has 0 unspecified atom stereocenters. The molecule has 2 bridgehead atoms. The first-order valence-corrected chi connectivity index (χ1v) is 10.7. The van der Waals surface area contributed by atoms with Crippen molar-refractivity contribution in [2.75, 3.05) is 26.2 Å². The number of amides is 2. The number of nitriles is 1. The molecule has 144 valence electrons. The lowest BCUT2D eigenvalue weighted by atomic mass is 10.1. The maximum absolute atomic E-state index is 12.7. The maximum Gasteiger partial charge on any atom is 0.228 e. The van der Waals surface area contributed by atoms with Crippen LogP contribution in [0.4, 0.5) is 0 Å². The van der Waals surface area contributed by atoms with Gasteiger partial charge in [0, 0.05) is 49.1 Å². The molecule has 0 aromatic carbocycles. The molecule has 0 N–H and O–H groups in total. The van der Waals surface area contributed by atoms with Crippen molar-refractivity contribution >= 4 is 23.2 Å². The summed E-state index contributed by atoms with van der Waals surface area (Å²) in [6.07, 6.45) is 3.24. The molecule has 0 aliphatic carbocycles. The lowest BCUT2D eigenvalue weighted by molar-refractivity contribution is -0.137. The molecule has 27 heavy (non-hydrogen) atoms. The summed E-state index contributed by atoms with van der Waals surface area (Å²) in [6.45, 7) is 5.04. The van der Waals surface area contributed by atoms with Crippen molar-refractivity contribution < 1.29 is 9.59 Å². The molecule has 4 atom stereocenters. The molecule has 0 spiro atoms. The first kappa shape index (κ1) is 18.5. The van der Waals surface area contributed by atoms with Gasteiger partial charge in [-0.2, -0.15) is 5.26 Å². The SMILES string of the molecule is C[C@@H](CN1C[C@H]2C[C@@H]1CN2C(=O)Cc1cccs1)C(=O)N1CCC[C@H]1C#N. The minimum absolute atomic E-state index is 0.103. The number of carbonyl (C=O) groups is 2. The first-order valence-electron chi connectivity index (χ1n) is 9.83. The molecule has 4 heterocycles. The van der Waals surface area contributed by atoms with E-state index in [1.54, 1.807) is 16.2 Å². The van der Waals surface area contributed by atoms with Gasteiger partial charge in [-0.05, 0) is 30.7 Å². The smallest absolute Gasteiger partial charge is 0.228 e. The minimum Gasteiger partial charge on any atom is -0.336 e. The second-order valence-electron chi connectivity index (χ2n) is 8.02. The third-order valence-corrected chi connectivity index (χ3v) is 7.07. The van der Waals surface area contributed by atoms with Crippen molar-refractivity contribution in [2.24, 2.45) is 5.92 Å². The summed E-state index contributed by atoms with van der Waals surface area (Å²) in [7, 11) is 0. The van der Waals surface area contributed by atoms with Crippen LogP contribution in [0, 0.1) is 17.2 Å². The lowest BCUT2D eigenvalue weighted by Gasteiger charge is -2.36. The minimum atomic E-state index is -0.250. The summed E-state index contributed by atoms with van der Waals surface area (Å²) in [6, 6.07) is 6.65. The van der Waals surface area contributed by atoms with Crippen LogP contribution < -0.4 is 0 Å². The Labute approximate surface area is 164 Å². The van der Waals surface area contributed by atoms with E-state index >= 15 is 0 Å². The Morgan fingerprint density at radius 3 is 2.85 bits per heavy atom. The Balaban J connectivity index is 1.30. The summed E-state index contributed by atoms with van der Waals surface area (Å²) in [5.41, 5.74) is 0. The van der Waals surface area contributed by atoms with Crippen LogP contribution in [-0.2, 0) is 16.0 Å². The number of carbonyl (C=O) groups excluding carboxylic acids is 2. The summed E-state index contributed by atoms with van der Waals surface area (Å²) >= 11 is 1.63. The third kappa shape index (κ3) is 3.61. The number of thiophene rings is 1. The Hall–Kier alpha value is -1.91. The number of rotatable bonds is 5. The van der Waals surface area contributed by atoms with Gasteiger partial charge in [0.25, 0.3) is 0 Å². The number of hydrogen-bond donors (Lipinski definition) is 0. The average molecular weight is 387 g/mol. The van der Waals surface area contributed by atoms with Crippen molar-refractivity contribution in [3.05, 3.63) is 22.4 Å². The fourth-order valence-electron chi connectivity index (χ4n) is 4.82. The Morgan fingerprint density at radius 1 is 1.33 bits per heavy atom. The van der Waals surface area contributed by atoms with Crippen molar-refractivity contribution in [1.29, 1.82) is 5.26 Å². The molecule has 2 amide bonds. The zero-order valence-electron chi connectivity index (χ0n) is 15.7. The van der Waals surface area contributed by atoms with Crippen LogP contribution in [0.2, 0.25) is 0 Å². The predicted molar refractivity (Wildman–Crippen MR) is 103 cm³/mol. The summed E-state index contributed by atoms with van der Waals surface area (Å²) in [4.78, 5) is 32.6. The monoisotopic (exact) mass is 386 g/mol. The standard InChI is InChI=1S/C20H26N4O2S/c1-14(20(26)23-6-2-4-15(23)10-21)11-22-12-17-8-16(22)13-24(17)19(25)9-18-5-3-7-27-18/h3,5,7,14-17H,2,4,6,8-9,11-13H2,1H3/t14-,15-,16+,17+/m0/s1.